The molecule has 21 heavy (non-hydrogen) atoms. The minimum absolute atomic E-state index is 0.165. The van der Waals surface area contributed by atoms with Crippen molar-refractivity contribution in [2.24, 2.45) is 5.92 Å². The van der Waals surface area contributed by atoms with Gasteiger partial charge in [0.05, 0.1) is 0 Å². The summed E-state index contributed by atoms with van der Waals surface area (Å²) in [5.41, 5.74) is 8.00. The van der Waals surface area contributed by atoms with Gasteiger partial charge in [0.1, 0.15) is 11.9 Å². The molecule has 0 radical (unpaired) electrons. The van der Waals surface area contributed by atoms with E-state index < -0.39 is 0 Å². The molecule has 0 bridgehead atoms. The molecular weight excluding hydrogens is 256 g/mol. The van der Waals surface area contributed by atoms with Gasteiger partial charge in [0, 0.05) is 5.92 Å². The van der Waals surface area contributed by atoms with E-state index in [1.807, 2.05) is 0 Å². The Morgan fingerprint density at radius 2 is 1.67 bits per heavy atom. The molecule has 1 nitrogen and oxygen atoms in total. The molecule has 2 atom stereocenters. The third-order valence-electron chi connectivity index (χ3n) is 4.73. The van der Waals surface area contributed by atoms with E-state index in [4.69, 9.17) is 4.74 Å². The van der Waals surface area contributed by atoms with Crippen LogP contribution in [0.5, 0.6) is 5.75 Å². The molecule has 0 aliphatic carbocycles. The minimum Gasteiger partial charge on any atom is -0.485 e. The van der Waals surface area contributed by atoms with E-state index in [0.717, 1.165) is 12.2 Å². The van der Waals surface area contributed by atoms with Gasteiger partial charge in [-0.05, 0) is 73.6 Å². The van der Waals surface area contributed by atoms with Gasteiger partial charge >= 0.3 is 0 Å². The van der Waals surface area contributed by atoms with Crippen molar-refractivity contribution in [2.75, 3.05) is 0 Å². The Morgan fingerprint density at radius 3 is 2.38 bits per heavy atom. The summed E-state index contributed by atoms with van der Waals surface area (Å²) < 4.78 is 6.39. The average molecular weight is 280 g/mol. The maximum absolute atomic E-state index is 6.39. The van der Waals surface area contributed by atoms with Crippen molar-refractivity contribution in [2.45, 2.75) is 47.1 Å². The third-order valence-corrected chi connectivity index (χ3v) is 4.73. The maximum Gasteiger partial charge on any atom is 0.127 e. The lowest BCUT2D eigenvalue weighted by Crippen LogP contribution is -2.24. The number of aryl methyl sites for hydroxylation is 4. The van der Waals surface area contributed by atoms with Crippen LogP contribution in [0.25, 0.3) is 0 Å². The van der Waals surface area contributed by atoms with E-state index >= 15 is 0 Å². The van der Waals surface area contributed by atoms with Crippen molar-refractivity contribution in [3.63, 3.8) is 0 Å². The van der Waals surface area contributed by atoms with Crippen LogP contribution in [0.2, 0.25) is 0 Å². The van der Waals surface area contributed by atoms with Gasteiger partial charge < -0.3 is 4.74 Å². The van der Waals surface area contributed by atoms with E-state index in [2.05, 4.69) is 65.0 Å². The zero-order valence-electron chi connectivity index (χ0n) is 13.7. The van der Waals surface area contributed by atoms with Crippen LogP contribution in [-0.2, 0) is 6.42 Å². The van der Waals surface area contributed by atoms with Gasteiger partial charge in [0.15, 0.2) is 0 Å². The molecule has 2 aromatic carbocycles. The predicted octanol–water partition coefficient (Wildman–Crippen LogP) is 5.23. The van der Waals surface area contributed by atoms with Crippen LogP contribution < -0.4 is 4.74 Å². The molecule has 1 aliphatic rings. The highest BCUT2D eigenvalue weighted by Crippen LogP contribution is 2.40. The summed E-state index contributed by atoms with van der Waals surface area (Å²) in [6.45, 7) is 11.0. The first kappa shape index (κ1) is 14.2. The monoisotopic (exact) mass is 280 g/mol. The summed E-state index contributed by atoms with van der Waals surface area (Å²) in [5.74, 6) is 1.58. The number of hydrogen-bond donors (Lipinski definition) is 0. The SMILES string of the molecule is Cc1cc(C)c2c(c1)OC(c1ccc(C)c(C)c1)C(C)C2. The fourth-order valence-corrected chi connectivity index (χ4v) is 3.35. The third kappa shape index (κ3) is 2.57. The molecule has 110 valence electrons. The Kier molecular flexibility index (Phi) is 3.52. The topological polar surface area (TPSA) is 9.23 Å². The van der Waals surface area contributed by atoms with E-state index in [9.17, 15) is 0 Å². The number of ether oxygens (including phenoxy) is 1. The molecule has 0 amide bonds. The van der Waals surface area contributed by atoms with Gasteiger partial charge in [0.25, 0.3) is 0 Å². The minimum atomic E-state index is 0.165. The standard InChI is InChI=1S/C20H24O/c1-12-8-15(4)18-11-16(5)20(21-19(18)9-12)17-7-6-13(2)14(3)10-17/h6-10,16,20H,11H2,1-5H3. The number of benzene rings is 2. The van der Waals surface area contributed by atoms with Gasteiger partial charge in [-0.15, -0.1) is 0 Å². The van der Waals surface area contributed by atoms with Crippen molar-refractivity contribution in [3.05, 3.63) is 63.7 Å². The fraction of sp³-hybridized carbons (Fsp3) is 0.400. The highest BCUT2D eigenvalue weighted by molar-refractivity contribution is 5.45. The van der Waals surface area contributed by atoms with Gasteiger partial charge in [0.2, 0.25) is 0 Å². The second-order valence-corrected chi connectivity index (χ2v) is 6.62. The first-order chi connectivity index (χ1) is 9.95. The molecule has 1 heteroatoms. The van der Waals surface area contributed by atoms with Crippen molar-refractivity contribution in [3.8, 4) is 5.75 Å². The summed E-state index contributed by atoms with van der Waals surface area (Å²) in [6, 6.07) is 11.1. The molecule has 0 saturated carbocycles. The highest BCUT2D eigenvalue weighted by atomic mass is 16.5. The van der Waals surface area contributed by atoms with E-state index in [0.29, 0.717) is 5.92 Å². The van der Waals surface area contributed by atoms with Gasteiger partial charge in [-0.3, -0.25) is 0 Å². The smallest absolute Gasteiger partial charge is 0.127 e. The Balaban J connectivity index is 2.00. The zero-order valence-corrected chi connectivity index (χ0v) is 13.7. The number of rotatable bonds is 1. The molecule has 0 saturated heterocycles. The van der Waals surface area contributed by atoms with E-state index in [1.165, 1.54) is 33.4 Å². The molecular formula is C20H24O. The lowest BCUT2D eigenvalue weighted by molar-refractivity contribution is 0.123. The van der Waals surface area contributed by atoms with Crippen LogP contribution >= 0.6 is 0 Å². The first-order valence-corrected chi connectivity index (χ1v) is 7.79. The first-order valence-electron chi connectivity index (χ1n) is 7.79. The van der Waals surface area contributed by atoms with Crippen LogP contribution in [0.1, 0.15) is 46.4 Å². The van der Waals surface area contributed by atoms with E-state index in [1.54, 1.807) is 0 Å². The molecule has 3 rings (SSSR count). The molecule has 0 fully saturated rings. The lowest BCUT2D eigenvalue weighted by atomic mass is 9.85. The largest absolute Gasteiger partial charge is 0.485 e. The van der Waals surface area contributed by atoms with Crippen molar-refractivity contribution >= 4 is 0 Å². The second kappa shape index (κ2) is 5.22. The van der Waals surface area contributed by atoms with Crippen molar-refractivity contribution in [1.82, 2.24) is 0 Å². The van der Waals surface area contributed by atoms with Crippen molar-refractivity contribution in [1.29, 1.82) is 0 Å². The summed E-state index contributed by atoms with van der Waals surface area (Å²) in [5, 5.41) is 0. The van der Waals surface area contributed by atoms with Crippen LogP contribution in [0.15, 0.2) is 30.3 Å². The van der Waals surface area contributed by atoms with Gasteiger partial charge in [-0.25, -0.2) is 0 Å². The maximum atomic E-state index is 6.39. The van der Waals surface area contributed by atoms with Crippen LogP contribution in [0.4, 0.5) is 0 Å². The number of hydrogen-bond acceptors (Lipinski definition) is 1. The van der Waals surface area contributed by atoms with E-state index in [-0.39, 0.29) is 6.10 Å². The predicted molar refractivity (Wildman–Crippen MR) is 88.1 cm³/mol. The molecule has 0 aromatic heterocycles. The molecule has 0 spiro atoms. The molecule has 1 aliphatic heterocycles. The quantitative estimate of drug-likeness (QED) is 0.694. The van der Waals surface area contributed by atoms with Crippen LogP contribution in [0.3, 0.4) is 0 Å². The summed E-state index contributed by atoms with van der Waals surface area (Å²) >= 11 is 0. The van der Waals surface area contributed by atoms with Crippen molar-refractivity contribution < 1.29 is 4.74 Å². The Bertz CT molecular complexity index is 684. The lowest BCUT2D eigenvalue weighted by Gasteiger charge is -2.33. The highest BCUT2D eigenvalue weighted by Gasteiger charge is 2.29. The fourth-order valence-electron chi connectivity index (χ4n) is 3.35. The molecule has 2 unspecified atom stereocenters. The van der Waals surface area contributed by atoms with Crippen LogP contribution in [0, 0.1) is 33.6 Å². The average Bonchev–Trinajstić information content (AvgIpc) is 2.42. The Labute approximate surface area is 128 Å². The second-order valence-electron chi connectivity index (χ2n) is 6.62. The normalized spacial score (nSPS) is 20.8. The Morgan fingerprint density at radius 1 is 0.905 bits per heavy atom. The van der Waals surface area contributed by atoms with Crippen LogP contribution in [-0.4, -0.2) is 0 Å². The number of fused-ring (bicyclic) bond motifs is 1. The molecule has 1 heterocycles. The zero-order chi connectivity index (χ0) is 15.1. The summed E-state index contributed by atoms with van der Waals surface area (Å²) in [7, 11) is 0. The van der Waals surface area contributed by atoms with Gasteiger partial charge in [-0.2, -0.15) is 0 Å². The Hall–Kier alpha value is -1.76. The summed E-state index contributed by atoms with van der Waals surface area (Å²) in [6.07, 6.45) is 1.26. The van der Waals surface area contributed by atoms with Gasteiger partial charge in [-0.1, -0.05) is 31.2 Å². The summed E-state index contributed by atoms with van der Waals surface area (Å²) in [4.78, 5) is 0. The molecule has 0 N–H and O–H groups in total. The molecule has 2 aromatic rings.